The van der Waals surface area contributed by atoms with Gasteiger partial charge in [-0.2, -0.15) is 11.3 Å². The number of ether oxygens (including phenoxy) is 1. The smallest absolute Gasteiger partial charge is 0.331 e. The van der Waals surface area contributed by atoms with E-state index in [0.29, 0.717) is 18.0 Å². The zero-order valence-electron chi connectivity index (χ0n) is 12.3. The lowest BCUT2D eigenvalue weighted by Crippen LogP contribution is -2.30. The van der Waals surface area contributed by atoms with Crippen LogP contribution in [-0.4, -0.2) is 25.0 Å². The van der Waals surface area contributed by atoms with Crippen molar-refractivity contribution in [3.8, 4) is 0 Å². The molecular formula is C17H16ClNO3S. The van der Waals surface area contributed by atoms with Crippen LogP contribution in [0.4, 0.5) is 0 Å². The van der Waals surface area contributed by atoms with Crippen LogP contribution >= 0.6 is 22.9 Å². The molecule has 0 aliphatic carbocycles. The second-order valence-corrected chi connectivity index (χ2v) is 5.94. The Morgan fingerprint density at radius 3 is 2.70 bits per heavy atom. The number of thiophene rings is 1. The lowest BCUT2D eigenvalue weighted by atomic mass is 10.1. The number of amides is 1. The highest BCUT2D eigenvalue weighted by Gasteiger charge is 2.04. The van der Waals surface area contributed by atoms with Crippen LogP contribution in [0.3, 0.4) is 0 Å². The molecule has 23 heavy (non-hydrogen) atoms. The highest BCUT2D eigenvalue weighted by atomic mass is 35.5. The fourth-order valence-corrected chi connectivity index (χ4v) is 2.52. The Kier molecular flexibility index (Phi) is 6.84. The molecule has 1 aromatic carbocycles. The topological polar surface area (TPSA) is 55.4 Å². The number of esters is 1. The first-order valence-corrected chi connectivity index (χ1v) is 8.34. The number of nitrogens with one attached hydrogen (secondary N) is 1. The molecule has 2 aromatic rings. The molecule has 0 atom stereocenters. The molecule has 1 N–H and O–H groups in total. The first-order chi connectivity index (χ1) is 11.1. The quantitative estimate of drug-likeness (QED) is 0.616. The second kappa shape index (κ2) is 9.12. The normalized spacial score (nSPS) is 10.7. The molecule has 0 fully saturated rings. The Labute approximate surface area is 143 Å². The van der Waals surface area contributed by atoms with E-state index in [1.54, 1.807) is 29.5 Å². The first-order valence-electron chi connectivity index (χ1n) is 7.01. The molecule has 4 nitrogen and oxygen atoms in total. The Bertz CT molecular complexity index is 666. The van der Waals surface area contributed by atoms with Crippen molar-refractivity contribution in [2.45, 2.75) is 6.42 Å². The maximum absolute atomic E-state index is 11.6. The third kappa shape index (κ3) is 6.67. The molecular weight excluding hydrogens is 334 g/mol. The van der Waals surface area contributed by atoms with Gasteiger partial charge >= 0.3 is 5.97 Å². The van der Waals surface area contributed by atoms with Gasteiger partial charge in [-0.15, -0.1) is 0 Å². The van der Waals surface area contributed by atoms with Gasteiger partial charge in [0.15, 0.2) is 6.61 Å². The van der Waals surface area contributed by atoms with E-state index in [0.717, 1.165) is 11.1 Å². The molecule has 0 unspecified atom stereocenters. The van der Waals surface area contributed by atoms with Crippen molar-refractivity contribution in [3.63, 3.8) is 0 Å². The van der Waals surface area contributed by atoms with E-state index in [4.69, 9.17) is 16.3 Å². The van der Waals surface area contributed by atoms with Gasteiger partial charge in [-0.1, -0.05) is 23.7 Å². The third-order valence-corrected chi connectivity index (χ3v) is 3.90. The highest BCUT2D eigenvalue weighted by Crippen LogP contribution is 2.09. The van der Waals surface area contributed by atoms with Crippen molar-refractivity contribution in [1.82, 2.24) is 5.32 Å². The summed E-state index contributed by atoms with van der Waals surface area (Å²) in [6.45, 7) is 0.191. The predicted octanol–water partition coefficient (Wildman–Crippen LogP) is 3.32. The molecule has 120 valence electrons. The van der Waals surface area contributed by atoms with Gasteiger partial charge in [-0.25, -0.2) is 4.79 Å². The van der Waals surface area contributed by atoms with Crippen LogP contribution in [0.1, 0.15) is 11.1 Å². The zero-order valence-corrected chi connectivity index (χ0v) is 13.9. The van der Waals surface area contributed by atoms with Gasteiger partial charge in [-0.3, -0.25) is 4.79 Å². The zero-order chi connectivity index (χ0) is 16.5. The summed E-state index contributed by atoms with van der Waals surface area (Å²) in [6.07, 6.45) is 3.65. The number of hydrogen-bond donors (Lipinski definition) is 1. The average molecular weight is 350 g/mol. The summed E-state index contributed by atoms with van der Waals surface area (Å²) in [5, 5.41) is 7.21. The predicted molar refractivity (Wildman–Crippen MR) is 92.5 cm³/mol. The van der Waals surface area contributed by atoms with Crippen LogP contribution in [0.2, 0.25) is 5.02 Å². The van der Waals surface area contributed by atoms with Gasteiger partial charge in [0.25, 0.3) is 5.91 Å². The van der Waals surface area contributed by atoms with Gasteiger partial charge in [0, 0.05) is 17.6 Å². The molecule has 6 heteroatoms. The maximum Gasteiger partial charge on any atom is 0.331 e. The second-order valence-electron chi connectivity index (χ2n) is 4.72. The minimum Gasteiger partial charge on any atom is -0.452 e. The fourth-order valence-electron chi connectivity index (χ4n) is 1.77. The van der Waals surface area contributed by atoms with E-state index in [-0.39, 0.29) is 12.5 Å². The molecule has 0 spiro atoms. The number of carbonyl (C=O) groups excluding carboxylic acids is 2. The largest absolute Gasteiger partial charge is 0.452 e. The molecule has 2 rings (SSSR count). The Morgan fingerprint density at radius 2 is 2.00 bits per heavy atom. The van der Waals surface area contributed by atoms with Crippen LogP contribution in [0.5, 0.6) is 0 Å². The van der Waals surface area contributed by atoms with E-state index in [2.05, 4.69) is 5.32 Å². The van der Waals surface area contributed by atoms with Crippen LogP contribution in [0.15, 0.2) is 47.2 Å². The van der Waals surface area contributed by atoms with E-state index < -0.39 is 5.97 Å². The number of hydrogen-bond acceptors (Lipinski definition) is 4. The van der Waals surface area contributed by atoms with Crippen molar-refractivity contribution < 1.29 is 14.3 Å². The lowest BCUT2D eigenvalue weighted by molar-refractivity contribution is -0.143. The molecule has 0 bridgehead atoms. The summed E-state index contributed by atoms with van der Waals surface area (Å²) < 4.78 is 4.87. The van der Waals surface area contributed by atoms with E-state index in [9.17, 15) is 9.59 Å². The van der Waals surface area contributed by atoms with Gasteiger partial charge in [0.1, 0.15) is 0 Å². The third-order valence-electron chi connectivity index (χ3n) is 2.95. The van der Waals surface area contributed by atoms with Crippen LogP contribution in [0.25, 0.3) is 6.08 Å². The molecule has 0 aliphatic rings. The maximum atomic E-state index is 11.6. The summed E-state index contributed by atoms with van der Waals surface area (Å²) in [7, 11) is 0. The number of benzene rings is 1. The van der Waals surface area contributed by atoms with Gasteiger partial charge in [-0.05, 0) is 52.6 Å². The first kappa shape index (κ1) is 17.2. The summed E-state index contributed by atoms with van der Waals surface area (Å²) in [5.74, 6) is -0.861. The van der Waals surface area contributed by atoms with Gasteiger partial charge in [0.2, 0.25) is 0 Å². The summed E-state index contributed by atoms with van der Waals surface area (Å²) in [5.41, 5.74) is 2.00. The Balaban J connectivity index is 1.63. The summed E-state index contributed by atoms with van der Waals surface area (Å²) in [4.78, 5) is 23.1. The van der Waals surface area contributed by atoms with E-state index in [1.807, 2.05) is 29.0 Å². The highest BCUT2D eigenvalue weighted by molar-refractivity contribution is 7.08. The van der Waals surface area contributed by atoms with Crippen molar-refractivity contribution >= 4 is 40.9 Å². The monoisotopic (exact) mass is 349 g/mol. The van der Waals surface area contributed by atoms with Crippen LogP contribution < -0.4 is 5.32 Å². The van der Waals surface area contributed by atoms with Gasteiger partial charge in [0.05, 0.1) is 0 Å². The molecule has 0 saturated heterocycles. The van der Waals surface area contributed by atoms with Crippen molar-refractivity contribution in [2.75, 3.05) is 13.2 Å². The Morgan fingerprint density at radius 1 is 1.22 bits per heavy atom. The van der Waals surface area contributed by atoms with Crippen LogP contribution in [-0.2, 0) is 20.7 Å². The minimum absolute atomic E-state index is 0.284. The standard InChI is InChI=1S/C17H16ClNO3S/c18-15-4-1-13(2-5-15)7-9-19-16(20)11-22-17(21)6-3-14-8-10-23-12-14/h1-6,8,10,12H,7,9,11H2,(H,19,20)/b6-3+. The fraction of sp³-hybridized carbons (Fsp3) is 0.176. The molecule has 1 aromatic heterocycles. The van der Waals surface area contributed by atoms with Crippen molar-refractivity contribution in [3.05, 3.63) is 63.3 Å². The van der Waals surface area contributed by atoms with E-state index >= 15 is 0 Å². The van der Waals surface area contributed by atoms with Crippen molar-refractivity contribution in [1.29, 1.82) is 0 Å². The van der Waals surface area contributed by atoms with E-state index in [1.165, 1.54) is 6.08 Å². The molecule has 0 saturated carbocycles. The molecule has 1 heterocycles. The van der Waals surface area contributed by atoms with Crippen LogP contribution in [0, 0.1) is 0 Å². The summed E-state index contributed by atoms with van der Waals surface area (Å²) >= 11 is 7.34. The molecule has 0 aliphatic heterocycles. The molecule has 0 radical (unpaired) electrons. The minimum atomic E-state index is -0.538. The molecule has 1 amide bonds. The van der Waals surface area contributed by atoms with Crippen molar-refractivity contribution in [2.24, 2.45) is 0 Å². The SMILES string of the molecule is O=C(COC(=O)/C=C/c1ccsc1)NCCc1ccc(Cl)cc1. The van der Waals surface area contributed by atoms with Gasteiger partial charge < -0.3 is 10.1 Å². The number of rotatable bonds is 7. The lowest BCUT2D eigenvalue weighted by Gasteiger charge is -2.05. The number of carbonyl (C=O) groups is 2. The average Bonchev–Trinajstić information content (AvgIpc) is 3.06. The number of halogens is 1. The summed E-state index contributed by atoms with van der Waals surface area (Å²) in [6, 6.07) is 9.31. The Hall–Kier alpha value is -2.11.